The number of hydrogen-bond donors (Lipinski definition) is 0. The standard InChI is InChI=1S/C17H18O3/c1-17(2,13-8-5-4-6-9-13)14-10-7-11-15(12-14)20-16(18)19-3/h4-12H,1-3H3. The number of rotatable bonds is 3. The zero-order valence-electron chi connectivity index (χ0n) is 11.9. The van der Waals surface area contributed by atoms with E-state index in [0.717, 1.165) is 5.56 Å². The second-order valence-electron chi connectivity index (χ2n) is 5.08. The summed E-state index contributed by atoms with van der Waals surface area (Å²) < 4.78 is 9.58. The Kier molecular flexibility index (Phi) is 4.08. The van der Waals surface area contributed by atoms with Crippen LogP contribution in [0.15, 0.2) is 54.6 Å². The van der Waals surface area contributed by atoms with E-state index in [1.54, 1.807) is 6.07 Å². The first-order valence-corrected chi connectivity index (χ1v) is 6.46. The molecule has 0 atom stereocenters. The van der Waals surface area contributed by atoms with Crippen LogP contribution in [0.4, 0.5) is 4.79 Å². The lowest BCUT2D eigenvalue weighted by Crippen LogP contribution is -2.19. The molecule has 104 valence electrons. The van der Waals surface area contributed by atoms with E-state index in [0.29, 0.717) is 5.75 Å². The van der Waals surface area contributed by atoms with E-state index in [2.05, 4.69) is 30.7 Å². The smallest absolute Gasteiger partial charge is 0.437 e. The lowest BCUT2D eigenvalue weighted by molar-refractivity contribution is 0.121. The highest BCUT2D eigenvalue weighted by Crippen LogP contribution is 2.33. The molecule has 0 radical (unpaired) electrons. The van der Waals surface area contributed by atoms with Crippen molar-refractivity contribution in [2.45, 2.75) is 19.3 Å². The molecule has 0 aliphatic rings. The van der Waals surface area contributed by atoms with Crippen LogP contribution in [0.1, 0.15) is 25.0 Å². The fraction of sp³-hybridized carbons (Fsp3) is 0.235. The van der Waals surface area contributed by atoms with Gasteiger partial charge in [0, 0.05) is 5.41 Å². The van der Waals surface area contributed by atoms with Crippen molar-refractivity contribution in [2.24, 2.45) is 0 Å². The van der Waals surface area contributed by atoms with E-state index >= 15 is 0 Å². The molecule has 0 spiro atoms. The van der Waals surface area contributed by atoms with Crippen LogP contribution in [0, 0.1) is 0 Å². The molecule has 3 heteroatoms. The summed E-state index contributed by atoms with van der Waals surface area (Å²) in [6.45, 7) is 4.28. The van der Waals surface area contributed by atoms with Gasteiger partial charge in [-0.25, -0.2) is 4.79 Å². The Morgan fingerprint density at radius 1 is 0.950 bits per heavy atom. The van der Waals surface area contributed by atoms with Crippen LogP contribution in [0.5, 0.6) is 5.75 Å². The average molecular weight is 270 g/mol. The van der Waals surface area contributed by atoms with E-state index in [-0.39, 0.29) is 5.41 Å². The molecule has 20 heavy (non-hydrogen) atoms. The minimum atomic E-state index is -0.709. The fourth-order valence-electron chi connectivity index (χ4n) is 2.11. The zero-order valence-corrected chi connectivity index (χ0v) is 11.9. The number of hydrogen-bond acceptors (Lipinski definition) is 3. The predicted octanol–water partition coefficient (Wildman–Crippen LogP) is 4.16. The van der Waals surface area contributed by atoms with Crippen molar-refractivity contribution in [3.63, 3.8) is 0 Å². The Bertz CT molecular complexity index is 588. The minimum Gasteiger partial charge on any atom is -0.437 e. The van der Waals surface area contributed by atoms with Crippen LogP contribution in [-0.2, 0) is 10.2 Å². The van der Waals surface area contributed by atoms with Gasteiger partial charge < -0.3 is 9.47 Å². The second kappa shape index (κ2) is 5.78. The second-order valence-corrected chi connectivity index (χ2v) is 5.08. The van der Waals surface area contributed by atoms with Crippen LogP contribution in [-0.4, -0.2) is 13.3 Å². The first kappa shape index (κ1) is 14.1. The number of methoxy groups -OCH3 is 1. The number of benzene rings is 2. The fourth-order valence-corrected chi connectivity index (χ4v) is 2.11. The van der Waals surface area contributed by atoms with Crippen molar-refractivity contribution in [1.29, 1.82) is 0 Å². The lowest BCUT2D eigenvalue weighted by atomic mass is 9.78. The van der Waals surface area contributed by atoms with Crippen LogP contribution >= 0.6 is 0 Å². The first-order valence-electron chi connectivity index (χ1n) is 6.46. The van der Waals surface area contributed by atoms with Gasteiger partial charge in [0.25, 0.3) is 0 Å². The quantitative estimate of drug-likeness (QED) is 0.620. The summed E-state index contributed by atoms with van der Waals surface area (Å²) >= 11 is 0. The summed E-state index contributed by atoms with van der Waals surface area (Å²) in [5.41, 5.74) is 2.11. The maximum absolute atomic E-state index is 11.2. The molecule has 0 aliphatic heterocycles. The van der Waals surface area contributed by atoms with Gasteiger partial charge in [-0.3, -0.25) is 0 Å². The Hall–Kier alpha value is -2.29. The summed E-state index contributed by atoms with van der Waals surface area (Å²) in [7, 11) is 1.29. The molecule has 0 aliphatic carbocycles. The molecular weight excluding hydrogens is 252 g/mol. The Morgan fingerprint density at radius 2 is 1.60 bits per heavy atom. The van der Waals surface area contributed by atoms with Gasteiger partial charge in [0.05, 0.1) is 7.11 Å². The lowest BCUT2D eigenvalue weighted by Gasteiger charge is -2.26. The van der Waals surface area contributed by atoms with Crippen molar-refractivity contribution in [1.82, 2.24) is 0 Å². The predicted molar refractivity (Wildman–Crippen MR) is 78.0 cm³/mol. The van der Waals surface area contributed by atoms with Crippen molar-refractivity contribution in [3.8, 4) is 5.75 Å². The normalized spacial score (nSPS) is 10.9. The summed E-state index contributed by atoms with van der Waals surface area (Å²) in [5.74, 6) is 0.485. The Morgan fingerprint density at radius 3 is 2.25 bits per heavy atom. The molecule has 0 heterocycles. The van der Waals surface area contributed by atoms with Gasteiger partial charge in [-0.05, 0) is 23.3 Å². The van der Waals surface area contributed by atoms with E-state index in [1.807, 2.05) is 36.4 Å². The molecule has 0 aromatic heterocycles. The molecule has 0 fully saturated rings. The zero-order chi connectivity index (χ0) is 14.6. The van der Waals surface area contributed by atoms with Crippen LogP contribution < -0.4 is 4.74 Å². The van der Waals surface area contributed by atoms with Crippen molar-refractivity contribution in [2.75, 3.05) is 7.11 Å². The average Bonchev–Trinajstić information content (AvgIpc) is 2.48. The molecular formula is C17H18O3. The van der Waals surface area contributed by atoms with Crippen LogP contribution in [0.3, 0.4) is 0 Å². The minimum absolute atomic E-state index is 0.170. The Balaban J connectivity index is 2.33. The molecule has 0 saturated carbocycles. The molecule has 2 aromatic rings. The third kappa shape index (κ3) is 2.99. The highest BCUT2D eigenvalue weighted by Gasteiger charge is 2.23. The van der Waals surface area contributed by atoms with Gasteiger partial charge >= 0.3 is 6.16 Å². The van der Waals surface area contributed by atoms with Gasteiger partial charge in [0.2, 0.25) is 0 Å². The third-order valence-electron chi connectivity index (χ3n) is 3.42. The number of ether oxygens (including phenoxy) is 2. The molecule has 3 nitrogen and oxygen atoms in total. The maximum atomic E-state index is 11.2. The molecule has 0 N–H and O–H groups in total. The van der Waals surface area contributed by atoms with E-state index in [9.17, 15) is 4.79 Å². The van der Waals surface area contributed by atoms with Gasteiger partial charge in [-0.15, -0.1) is 0 Å². The van der Waals surface area contributed by atoms with E-state index in [1.165, 1.54) is 12.7 Å². The maximum Gasteiger partial charge on any atom is 0.513 e. The molecule has 0 amide bonds. The van der Waals surface area contributed by atoms with Crippen molar-refractivity contribution in [3.05, 3.63) is 65.7 Å². The topological polar surface area (TPSA) is 35.5 Å². The van der Waals surface area contributed by atoms with Gasteiger partial charge in [0.15, 0.2) is 0 Å². The van der Waals surface area contributed by atoms with Gasteiger partial charge in [0.1, 0.15) is 5.75 Å². The summed E-state index contributed by atoms with van der Waals surface area (Å²) in [6.07, 6.45) is -0.709. The van der Waals surface area contributed by atoms with Crippen molar-refractivity contribution < 1.29 is 14.3 Å². The third-order valence-corrected chi connectivity index (χ3v) is 3.42. The van der Waals surface area contributed by atoms with Crippen LogP contribution in [0.2, 0.25) is 0 Å². The van der Waals surface area contributed by atoms with E-state index in [4.69, 9.17) is 4.74 Å². The first-order chi connectivity index (χ1) is 9.54. The molecule has 0 saturated heterocycles. The summed E-state index contributed by atoms with van der Waals surface area (Å²) in [5, 5.41) is 0. The number of carbonyl (C=O) groups is 1. The molecule has 2 rings (SSSR count). The molecule has 2 aromatic carbocycles. The SMILES string of the molecule is COC(=O)Oc1cccc(C(C)(C)c2ccccc2)c1. The highest BCUT2D eigenvalue weighted by molar-refractivity contribution is 5.63. The van der Waals surface area contributed by atoms with Crippen molar-refractivity contribution >= 4 is 6.16 Å². The highest BCUT2D eigenvalue weighted by atomic mass is 16.7. The van der Waals surface area contributed by atoms with Gasteiger partial charge in [-0.2, -0.15) is 0 Å². The van der Waals surface area contributed by atoms with Crippen LogP contribution in [0.25, 0.3) is 0 Å². The van der Waals surface area contributed by atoms with Gasteiger partial charge in [-0.1, -0.05) is 56.3 Å². The largest absolute Gasteiger partial charge is 0.513 e. The molecule has 0 unspecified atom stereocenters. The Labute approximate surface area is 119 Å². The monoisotopic (exact) mass is 270 g/mol. The van der Waals surface area contributed by atoms with E-state index < -0.39 is 6.16 Å². The number of carbonyl (C=O) groups excluding carboxylic acids is 1. The summed E-state index contributed by atoms with van der Waals surface area (Å²) in [6, 6.07) is 17.7. The summed E-state index contributed by atoms with van der Waals surface area (Å²) in [4.78, 5) is 11.2. The molecule has 0 bridgehead atoms.